The predicted molar refractivity (Wildman–Crippen MR) is 59.2 cm³/mol. The first kappa shape index (κ1) is 15.6. The smallest absolute Gasteiger partial charge is 0.216 e. The fraction of sp³-hybridized carbons (Fsp3) is 0.818. The molecule has 1 amide bonds. The summed E-state index contributed by atoms with van der Waals surface area (Å²) in [6.07, 6.45) is 3.59. The van der Waals surface area contributed by atoms with Crippen molar-refractivity contribution >= 4 is 11.7 Å². The third kappa shape index (κ3) is 17.3. The zero-order valence-corrected chi connectivity index (χ0v) is 9.85. The van der Waals surface area contributed by atoms with Gasteiger partial charge in [0.2, 0.25) is 5.91 Å². The first-order valence-electron chi connectivity index (χ1n) is 5.37. The molecule has 0 aromatic heterocycles. The normalized spacial score (nSPS) is 8.57. The molecule has 0 heterocycles. The van der Waals surface area contributed by atoms with Crippen LogP contribution >= 0.6 is 0 Å². The molecule has 0 fully saturated rings. The summed E-state index contributed by atoms with van der Waals surface area (Å²) in [6.45, 7) is 7.84. The van der Waals surface area contributed by atoms with E-state index in [4.69, 9.17) is 0 Å². The topological polar surface area (TPSA) is 46.2 Å². The molecule has 0 atom stereocenters. The summed E-state index contributed by atoms with van der Waals surface area (Å²) in [5, 5.41) is 2.71. The van der Waals surface area contributed by atoms with Gasteiger partial charge in [0, 0.05) is 19.9 Å². The van der Waals surface area contributed by atoms with Gasteiger partial charge in [0.25, 0.3) is 0 Å². The van der Waals surface area contributed by atoms with Gasteiger partial charge in [-0.15, -0.1) is 0 Å². The average molecular weight is 201 g/mol. The Kier molecular flexibility index (Phi) is 13.5. The molecule has 0 aliphatic heterocycles. The Bertz CT molecular complexity index is 137. The Morgan fingerprint density at radius 2 is 1.57 bits per heavy atom. The van der Waals surface area contributed by atoms with Crippen LogP contribution in [0, 0.1) is 0 Å². The monoisotopic (exact) mass is 201 g/mol. The SMILES string of the molecule is CC.CC(=O)CCCCCNC(C)=O. The van der Waals surface area contributed by atoms with Crippen LogP contribution in [0.3, 0.4) is 0 Å². The number of ketones is 1. The molecular formula is C11H23NO2. The van der Waals surface area contributed by atoms with Gasteiger partial charge in [-0.25, -0.2) is 0 Å². The maximum Gasteiger partial charge on any atom is 0.216 e. The van der Waals surface area contributed by atoms with Crippen molar-refractivity contribution in [2.75, 3.05) is 6.54 Å². The molecule has 0 saturated carbocycles. The Morgan fingerprint density at radius 3 is 2.00 bits per heavy atom. The van der Waals surface area contributed by atoms with E-state index in [0.717, 1.165) is 25.8 Å². The lowest BCUT2D eigenvalue weighted by atomic mass is 10.1. The van der Waals surface area contributed by atoms with E-state index >= 15 is 0 Å². The second-order valence-corrected chi connectivity index (χ2v) is 3.00. The Hall–Kier alpha value is -0.860. The number of rotatable bonds is 6. The average Bonchev–Trinajstić information content (AvgIpc) is 2.13. The Morgan fingerprint density at radius 1 is 1.00 bits per heavy atom. The Labute approximate surface area is 87.3 Å². The van der Waals surface area contributed by atoms with Crippen LogP contribution in [-0.2, 0) is 9.59 Å². The maximum atomic E-state index is 10.5. The van der Waals surface area contributed by atoms with Crippen LogP contribution < -0.4 is 5.32 Å². The molecule has 0 aliphatic carbocycles. The van der Waals surface area contributed by atoms with Crippen LogP contribution in [0.5, 0.6) is 0 Å². The number of amides is 1. The summed E-state index contributed by atoms with van der Waals surface area (Å²) >= 11 is 0. The van der Waals surface area contributed by atoms with E-state index in [1.54, 1.807) is 6.92 Å². The number of hydrogen-bond donors (Lipinski definition) is 1. The van der Waals surface area contributed by atoms with Gasteiger partial charge in [-0.3, -0.25) is 4.79 Å². The molecule has 0 rings (SSSR count). The molecule has 3 heteroatoms. The van der Waals surface area contributed by atoms with E-state index in [0.29, 0.717) is 6.42 Å². The molecule has 0 spiro atoms. The summed E-state index contributed by atoms with van der Waals surface area (Å²) in [5.74, 6) is 0.260. The lowest BCUT2D eigenvalue weighted by molar-refractivity contribution is -0.119. The highest BCUT2D eigenvalue weighted by atomic mass is 16.1. The molecule has 0 unspecified atom stereocenters. The minimum atomic E-state index is 0.0153. The van der Waals surface area contributed by atoms with Crippen molar-refractivity contribution < 1.29 is 9.59 Å². The largest absolute Gasteiger partial charge is 0.356 e. The zero-order chi connectivity index (χ0) is 11.4. The molecule has 0 aromatic carbocycles. The summed E-state index contributed by atoms with van der Waals surface area (Å²) in [5.41, 5.74) is 0. The molecule has 1 N–H and O–H groups in total. The molecule has 84 valence electrons. The summed E-state index contributed by atoms with van der Waals surface area (Å²) in [7, 11) is 0. The van der Waals surface area contributed by atoms with Gasteiger partial charge in [-0.05, 0) is 19.8 Å². The highest BCUT2D eigenvalue weighted by Gasteiger charge is 1.94. The van der Waals surface area contributed by atoms with Gasteiger partial charge in [-0.1, -0.05) is 20.3 Å². The quantitative estimate of drug-likeness (QED) is 0.670. The zero-order valence-electron chi connectivity index (χ0n) is 9.85. The van der Waals surface area contributed by atoms with Crippen LogP contribution in [0.2, 0.25) is 0 Å². The van der Waals surface area contributed by atoms with Gasteiger partial charge in [0.15, 0.2) is 0 Å². The number of hydrogen-bond acceptors (Lipinski definition) is 2. The second-order valence-electron chi connectivity index (χ2n) is 3.00. The van der Waals surface area contributed by atoms with E-state index in [-0.39, 0.29) is 11.7 Å². The van der Waals surface area contributed by atoms with Crippen molar-refractivity contribution in [1.82, 2.24) is 5.32 Å². The predicted octanol–water partition coefficient (Wildman–Crippen LogP) is 2.30. The van der Waals surface area contributed by atoms with Gasteiger partial charge >= 0.3 is 0 Å². The van der Waals surface area contributed by atoms with Crippen molar-refractivity contribution in [3.05, 3.63) is 0 Å². The number of Topliss-reactive ketones (excluding diaryl/α,β-unsaturated/α-hetero) is 1. The van der Waals surface area contributed by atoms with Crippen LogP contribution in [-0.4, -0.2) is 18.2 Å². The highest BCUT2D eigenvalue weighted by molar-refractivity contribution is 5.75. The third-order valence-electron chi connectivity index (χ3n) is 1.58. The lowest BCUT2D eigenvalue weighted by Crippen LogP contribution is -2.20. The van der Waals surface area contributed by atoms with Gasteiger partial charge in [0.05, 0.1) is 0 Å². The third-order valence-corrected chi connectivity index (χ3v) is 1.58. The van der Waals surface area contributed by atoms with Gasteiger partial charge in [-0.2, -0.15) is 0 Å². The fourth-order valence-electron chi connectivity index (χ4n) is 0.940. The van der Waals surface area contributed by atoms with Crippen LogP contribution in [0.4, 0.5) is 0 Å². The molecular weight excluding hydrogens is 178 g/mol. The van der Waals surface area contributed by atoms with Gasteiger partial charge < -0.3 is 10.1 Å². The lowest BCUT2D eigenvalue weighted by Gasteiger charge is -2.00. The molecule has 0 radical (unpaired) electrons. The standard InChI is InChI=1S/C9H17NO2.C2H6/c1-8(11)6-4-3-5-7-10-9(2)12;1-2/h3-7H2,1-2H3,(H,10,12);1-2H3. The summed E-state index contributed by atoms with van der Waals surface area (Å²) in [4.78, 5) is 20.9. The highest BCUT2D eigenvalue weighted by Crippen LogP contribution is 1.98. The fourth-order valence-corrected chi connectivity index (χ4v) is 0.940. The summed E-state index contributed by atoms with van der Waals surface area (Å²) < 4.78 is 0. The van der Waals surface area contributed by atoms with E-state index in [9.17, 15) is 9.59 Å². The second kappa shape index (κ2) is 12.1. The Balaban J connectivity index is 0. The first-order valence-corrected chi connectivity index (χ1v) is 5.37. The molecule has 14 heavy (non-hydrogen) atoms. The molecule has 3 nitrogen and oxygen atoms in total. The molecule has 0 saturated heterocycles. The molecule has 0 aromatic rings. The first-order chi connectivity index (χ1) is 6.63. The minimum absolute atomic E-state index is 0.0153. The molecule has 0 aliphatic rings. The van der Waals surface area contributed by atoms with Crippen LogP contribution in [0.15, 0.2) is 0 Å². The van der Waals surface area contributed by atoms with Crippen molar-refractivity contribution in [2.24, 2.45) is 0 Å². The van der Waals surface area contributed by atoms with Crippen molar-refractivity contribution in [3.8, 4) is 0 Å². The van der Waals surface area contributed by atoms with Crippen molar-refractivity contribution in [1.29, 1.82) is 0 Å². The van der Waals surface area contributed by atoms with E-state index in [2.05, 4.69) is 5.32 Å². The maximum absolute atomic E-state index is 10.5. The van der Waals surface area contributed by atoms with Crippen molar-refractivity contribution in [3.63, 3.8) is 0 Å². The van der Waals surface area contributed by atoms with Gasteiger partial charge in [0.1, 0.15) is 5.78 Å². The van der Waals surface area contributed by atoms with Crippen LogP contribution in [0.1, 0.15) is 53.4 Å². The number of carbonyl (C=O) groups is 2. The van der Waals surface area contributed by atoms with Crippen LogP contribution in [0.25, 0.3) is 0 Å². The number of carbonyl (C=O) groups excluding carboxylic acids is 2. The minimum Gasteiger partial charge on any atom is -0.356 e. The van der Waals surface area contributed by atoms with E-state index < -0.39 is 0 Å². The number of nitrogens with one attached hydrogen (secondary N) is 1. The number of unbranched alkanes of at least 4 members (excludes halogenated alkanes) is 2. The molecule has 0 bridgehead atoms. The van der Waals surface area contributed by atoms with E-state index in [1.165, 1.54) is 6.92 Å². The summed E-state index contributed by atoms with van der Waals surface area (Å²) in [6, 6.07) is 0. The van der Waals surface area contributed by atoms with E-state index in [1.807, 2.05) is 13.8 Å². The van der Waals surface area contributed by atoms with Crippen molar-refractivity contribution in [2.45, 2.75) is 53.4 Å².